The van der Waals surface area contributed by atoms with Gasteiger partial charge in [0.15, 0.2) is 0 Å². The molecule has 1 N–H and O–H groups in total. The average molecular weight is 182 g/mol. The van der Waals surface area contributed by atoms with Crippen LogP contribution in [-0.4, -0.2) is 37.5 Å². The molecule has 2 fully saturated rings. The van der Waals surface area contributed by atoms with Crippen LogP contribution in [0.25, 0.3) is 0 Å². The van der Waals surface area contributed by atoms with Crippen molar-refractivity contribution < 1.29 is 4.79 Å². The van der Waals surface area contributed by atoms with E-state index in [0.29, 0.717) is 11.9 Å². The molecule has 3 nitrogen and oxygen atoms in total. The summed E-state index contributed by atoms with van der Waals surface area (Å²) < 4.78 is 0. The van der Waals surface area contributed by atoms with Crippen LogP contribution in [0, 0.1) is 11.8 Å². The average Bonchev–Trinajstić information content (AvgIpc) is 2.89. The van der Waals surface area contributed by atoms with E-state index in [1.54, 1.807) is 0 Å². The molecule has 1 saturated carbocycles. The van der Waals surface area contributed by atoms with Crippen molar-refractivity contribution in [2.75, 3.05) is 20.6 Å². The zero-order chi connectivity index (χ0) is 9.42. The van der Waals surface area contributed by atoms with Gasteiger partial charge in [0.2, 0.25) is 5.91 Å². The first-order valence-corrected chi connectivity index (χ1v) is 5.16. The number of carbonyl (C=O) groups excluding carboxylic acids is 1. The monoisotopic (exact) mass is 182 g/mol. The van der Waals surface area contributed by atoms with Gasteiger partial charge in [-0.25, -0.2) is 0 Å². The molecule has 1 amide bonds. The van der Waals surface area contributed by atoms with Crippen LogP contribution in [0.5, 0.6) is 0 Å². The molecule has 2 atom stereocenters. The third kappa shape index (κ3) is 1.57. The molecule has 0 aromatic carbocycles. The molecule has 74 valence electrons. The molecule has 1 aliphatic heterocycles. The highest BCUT2D eigenvalue weighted by molar-refractivity contribution is 5.81. The van der Waals surface area contributed by atoms with Crippen LogP contribution in [0.4, 0.5) is 0 Å². The predicted octanol–water partition coefficient (Wildman–Crippen LogP) is 0.463. The Labute approximate surface area is 79.5 Å². The van der Waals surface area contributed by atoms with E-state index in [-0.39, 0.29) is 5.92 Å². The number of nitrogens with zero attached hydrogens (tertiary/aromatic N) is 1. The molecule has 0 aromatic rings. The molecular formula is C10H18N2O. The lowest BCUT2D eigenvalue weighted by Gasteiger charge is -2.21. The van der Waals surface area contributed by atoms with Gasteiger partial charge in [-0.1, -0.05) is 0 Å². The summed E-state index contributed by atoms with van der Waals surface area (Å²) in [6, 6.07) is 0.442. The third-order valence-corrected chi connectivity index (χ3v) is 3.37. The molecule has 2 rings (SSSR count). The zero-order valence-electron chi connectivity index (χ0n) is 8.42. The summed E-state index contributed by atoms with van der Waals surface area (Å²) in [5.41, 5.74) is 0. The fourth-order valence-electron chi connectivity index (χ4n) is 2.40. The van der Waals surface area contributed by atoms with Crippen molar-refractivity contribution in [1.29, 1.82) is 0 Å². The van der Waals surface area contributed by atoms with Crippen molar-refractivity contribution in [3.63, 3.8) is 0 Å². The first-order chi connectivity index (χ1) is 6.24. The normalized spacial score (nSPS) is 31.1. The summed E-state index contributed by atoms with van der Waals surface area (Å²) in [6.45, 7) is 0.939. The van der Waals surface area contributed by atoms with Gasteiger partial charge < -0.3 is 10.2 Å². The quantitative estimate of drug-likeness (QED) is 0.688. The van der Waals surface area contributed by atoms with Crippen molar-refractivity contribution in [3.05, 3.63) is 0 Å². The van der Waals surface area contributed by atoms with Gasteiger partial charge >= 0.3 is 0 Å². The van der Waals surface area contributed by atoms with E-state index in [2.05, 4.69) is 5.32 Å². The molecule has 0 bridgehead atoms. The Balaban J connectivity index is 2.02. The Morgan fingerprint density at radius 3 is 2.54 bits per heavy atom. The van der Waals surface area contributed by atoms with Crippen molar-refractivity contribution >= 4 is 5.91 Å². The fourth-order valence-corrected chi connectivity index (χ4v) is 2.40. The molecule has 1 saturated heterocycles. The summed E-state index contributed by atoms with van der Waals surface area (Å²) >= 11 is 0. The maximum atomic E-state index is 11.7. The first-order valence-electron chi connectivity index (χ1n) is 5.16. The van der Waals surface area contributed by atoms with E-state index in [1.165, 1.54) is 12.8 Å². The number of likely N-dealkylation sites (tertiary alicyclic amines) is 1. The molecule has 13 heavy (non-hydrogen) atoms. The molecule has 2 aliphatic rings. The Hall–Kier alpha value is -0.570. The third-order valence-electron chi connectivity index (χ3n) is 3.37. The molecular weight excluding hydrogens is 164 g/mol. The molecule has 3 heteroatoms. The van der Waals surface area contributed by atoms with Crippen molar-refractivity contribution in [1.82, 2.24) is 10.2 Å². The van der Waals surface area contributed by atoms with E-state index >= 15 is 0 Å². The molecule has 1 aliphatic carbocycles. The number of hydrogen-bond acceptors (Lipinski definition) is 2. The summed E-state index contributed by atoms with van der Waals surface area (Å²) in [7, 11) is 3.89. The summed E-state index contributed by atoms with van der Waals surface area (Å²) in [6.07, 6.45) is 3.65. The van der Waals surface area contributed by atoms with Gasteiger partial charge in [0.25, 0.3) is 0 Å². The maximum absolute atomic E-state index is 11.7. The minimum Gasteiger partial charge on any atom is -0.345 e. The molecule has 0 spiro atoms. The number of hydrogen-bond donors (Lipinski definition) is 1. The van der Waals surface area contributed by atoms with Gasteiger partial charge in [-0.3, -0.25) is 4.79 Å². The van der Waals surface area contributed by atoms with E-state index in [9.17, 15) is 4.79 Å². The zero-order valence-corrected chi connectivity index (χ0v) is 8.42. The highest BCUT2D eigenvalue weighted by Crippen LogP contribution is 2.38. The largest absolute Gasteiger partial charge is 0.345 e. The summed E-state index contributed by atoms with van der Waals surface area (Å²) in [5, 5.41) is 3.31. The van der Waals surface area contributed by atoms with Gasteiger partial charge in [0.05, 0.1) is 5.92 Å². The number of carbonyl (C=O) groups is 1. The summed E-state index contributed by atoms with van der Waals surface area (Å²) in [4.78, 5) is 13.6. The van der Waals surface area contributed by atoms with Crippen LogP contribution in [0.15, 0.2) is 0 Å². The Bertz CT molecular complexity index is 213. The maximum Gasteiger partial charge on any atom is 0.227 e. The van der Waals surface area contributed by atoms with Gasteiger partial charge in [-0.2, -0.15) is 0 Å². The second kappa shape index (κ2) is 3.29. The van der Waals surface area contributed by atoms with Crippen LogP contribution >= 0.6 is 0 Å². The Morgan fingerprint density at radius 1 is 1.46 bits per heavy atom. The van der Waals surface area contributed by atoms with Gasteiger partial charge in [0.1, 0.15) is 0 Å². The van der Waals surface area contributed by atoms with E-state index in [0.717, 1.165) is 18.9 Å². The number of nitrogens with one attached hydrogen (secondary N) is 1. The van der Waals surface area contributed by atoms with E-state index in [1.807, 2.05) is 19.0 Å². The fraction of sp³-hybridized carbons (Fsp3) is 0.900. The number of rotatable bonds is 3. The van der Waals surface area contributed by atoms with Gasteiger partial charge in [-0.05, 0) is 32.2 Å². The first kappa shape index (κ1) is 9.00. The second-order valence-electron chi connectivity index (χ2n) is 4.31. The Morgan fingerprint density at radius 2 is 2.15 bits per heavy atom. The van der Waals surface area contributed by atoms with E-state index < -0.39 is 0 Å². The smallest absolute Gasteiger partial charge is 0.227 e. The lowest BCUT2D eigenvalue weighted by Crippen LogP contribution is -2.39. The SMILES string of the molecule is CNC(C1CC1)C1CCN(C)C1=O. The van der Waals surface area contributed by atoms with Crippen LogP contribution < -0.4 is 5.32 Å². The minimum atomic E-state index is 0.252. The minimum absolute atomic E-state index is 0.252. The standard InChI is InChI=1S/C10H18N2O/c1-11-9(7-3-4-7)8-5-6-12(2)10(8)13/h7-9,11H,3-6H2,1-2H3. The Kier molecular flexibility index (Phi) is 2.28. The van der Waals surface area contributed by atoms with Gasteiger partial charge in [0, 0.05) is 19.6 Å². The van der Waals surface area contributed by atoms with Crippen LogP contribution in [-0.2, 0) is 4.79 Å². The van der Waals surface area contributed by atoms with Crippen LogP contribution in [0.1, 0.15) is 19.3 Å². The predicted molar refractivity (Wildman–Crippen MR) is 51.3 cm³/mol. The van der Waals surface area contributed by atoms with Crippen molar-refractivity contribution in [2.24, 2.45) is 11.8 Å². The highest BCUT2D eigenvalue weighted by atomic mass is 16.2. The molecule has 0 aromatic heterocycles. The highest BCUT2D eigenvalue weighted by Gasteiger charge is 2.42. The number of amides is 1. The van der Waals surface area contributed by atoms with E-state index in [4.69, 9.17) is 0 Å². The van der Waals surface area contributed by atoms with Crippen LogP contribution in [0.2, 0.25) is 0 Å². The molecule has 0 radical (unpaired) electrons. The van der Waals surface area contributed by atoms with Crippen LogP contribution in [0.3, 0.4) is 0 Å². The van der Waals surface area contributed by atoms with Crippen molar-refractivity contribution in [3.8, 4) is 0 Å². The lowest BCUT2D eigenvalue weighted by molar-refractivity contribution is -0.130. The molecule has 2 unspecified atom stereocenters. The molecule has 1 heterocycles. The topological polar surface area (TPSA) is 32.3 Å². The van der Waals surface area contributed by atoms with Gasteiger partial charge in [-0.15, -0.1) is 0 Å². The summed E-state index contributed by atoms with van der Waals surface area (Å²) in [5.74, 6) is 1.36. The van der Waals surface area contributed by atoms with Crippen molar-refractivity contribution in [2.45, 2.75) is 25.3 Å². The second-order valence-corrected chi connectivity index (χ2v) is 4.31. The lowest BCUT2D eigenvalue weighted by atomic mass is 9.94.